The summed E-state index contributed by atoms with van der Waals surface area (Å²) in [6.07, 6.45) is 0. The normalized spacial score (nSPS) is 16.7. The molecule has 1 amide bonds. The van der Waals surface area contributed by atoms with E-state index in [4.69, 9.17) is 14.2 Å². The molecule has 8 heteroatoms. The van der Waals surface area contributed by atoms with Crippen molar-refractivity contribution in [3.63, 3.8) is 0 Å². The lowest BCUT2D eigenvalue weighted by Crippen LogP contribution is -2.57. The van der Waals surface area contributed by atoms with Crippen molar-refractivity contribution in [2.24, 2.45) is 4.99 Å². The van der Waals surface area contributed by atoms with E-state index in [9.17, 15) is 14.4 Å². The van der Waals surface area contributed by atoms with E-state index in [0.717, 1.165) is 19.1 Å². The Hall–Kier alpha value is -3.68. The van der Waals surface area contributed by atoms with Gasteiger partial charge >= 0.3 is 11.9 Å². The van der Waals surface area contributed by atoms with Gasteiger partial charge in [-0.25, -0.2) is 14.6 Å². The lowest BCUT2D eigenvalue weighted by atomic mass is 9.88. The predicted molar refractivity (Wildman–Crippen MR) is 103 cm³/mol. The summed E-state index contributed by atoms with van der Waals surface area (Å²) in [7, 11) is 2.32. The van der Waals surface area contributed by atoms with E-state index in [1.807, 2.05) is 0 Å². The molecule has 148 valence electrons. The van der Waals surface area contributed by atoms with Crippen LogP contribution in [0.15, 0.2) is 53.5 Å². The topological polar surface area (TPSA) is 94.5 Å². The highest BCUT2D eigenvalue weighted by molar-refractivity contribution is 6.26. The van der Waals surface area contributed by atoms with Crippen molar-refractivity contribution in [2.45, 2.75) is 5.54 Å². The molecular weight excluding hydrogens is 376 g/mol. The van der Waals surface area contributed by atoms with Gasteiger partial charge in [0.2, 0.25) is 5.90 Å². The minimum Gasteiger partial charge on any atom is -0.475 e. The molecule has 0 fully saturated rings. The molecule has 2 heterocycles. The number of anilines is 1. The van der Waals surface area contributed by atoms with Crippen LogP contribution in [0.1, 0.15) is 21.5 Å². The summed E-state index contributed by atoms with van der Waals surface area (Å²) in [5.74, 6) is -2.03. The Bertz CT molecular complexity index is 1030. The first-order chi connectivity index (χ1) is 14.1. The largest absolute Gasteiger partial charge is 0.475 e. The van der Waals surface area contributed by atoms with Gasteiger partial charge in [-0.2, -0.15) is 0 Å². The summed E-state index contributed by atoms with van der Waals surface area (Å²) in [6, 6.07) is 13.2. The zero-order chi connectivity index (χ0) is 20.6. The fraction of sp³-hybridized carbons (Fsp3) is 0.238. The third-order valence-electron chi connectivity index (χ3n) is 5.01. The second-order valence-corrected chi connectivity index (χ2v) is 6.43. The Morgan fingerprint density at radius 1 is 1.00 bits per heavy atom. The van der Waals surface area contributed by atoms with Crippen molar-refractivity contribution in [3.05, 3.63) is 65.2 Å². The fourth-order valence-corrected chi connectivity index (χ4v) is 3.80. The van der Waals surface area contributed by atoms with E-state index >= 15 is 0 Å². The molecule has 0 aliphatic carbocycles. The van der Waals surface area contributed by atoms with Crippen LogP contribution in [-0.2, 0) is 29.3 Å². The third kappa shape index (κ3) is 2.52. The van der Waals surface area contributed by atoms with Crippen LogP contribution in [0, 0.1) is 0 Å². The van der Waals surface area contributed by atoms with Crippen molar-refractivity contribution in [1.82, 2.24) is 0 Å². The number of carbonyl (C=O) groups is 3. The Morgan fingerprint density at radius 2 is 1.62 bits per heavy atom. The van der Waals surface area contributed by atoms with Crippen molar-refractivity contribution < 1.29 is 28.6 Å². The quantitative estimate of drug-likeness (QED) is 0.578. The molecule has 2 aliphatic rings. The molecule has 0 unspecified atom stereocenters. The maximum Gasteiger partial charge on any atom is 0.348 e. The number of carbonyl (C=O) groups excluding carboxylic acids is 3. The number of hydrogen-bond donors (Lipinski definition) is 0. The van der Waals surface area contributed by atoms with Gasteiger partial charge in [0, 0.05) is 11.1 Å². The van der Waals surface area contributed by atoms with Crippen molar-refractivity contribution in [3.8, 4) is 0 Å². The van der Waals surface area contributed by atoms with Gasteiger partial charge in [0.05, 0.1) is 32.0 Å². The monoisotopic (exact) mass is 394 g/mol. The van der Waals surface area contributed by atoms with Crippen molar-refractivity contribution in [2.75, 3.05) is 32.3 Å². The zero-order valence-electron chi connectivity index (χ0n) is 15.9. The maximum absolute atomic E-state index is 13.5. The smallest absolute Gasteiger partial charge is 0.348 e. The molecule has 2 aromatic rings. The van der Waals surface area contributed by atoms with E-state index in [1.54, 1.807) is 48.5 Å². The number of para-hydroxylation sites is 1. The number of rotatable bonds is 4. The van der Waals surface area contributed by atoms with Crippen LogP contribution >= 0.6 is 0 Å². The number of hydrogen-bond acceptors (Lipinski definition) is 7. The van der Waals surface area contributed by atoms with E-state index < -0.39 is 23.4 Å². The highest BCUT2D eigenvalue weighted by Crippen LogP contribution is 2.45. The summed E-state index contributed by atoms with van der Waals surface area (Å²) < 4.78 is 15.5. The minimum atomic E-state index is -2.12. The number of fused-ring (bicyclic) bond motifs is 1. The molecule has 0 aromatic heterocycles. The Kier molecular flexibility index (Phi) is 4.54. The number of esters is 2. The SMILES string of the molecule is COC(=O)C1(C(=O)OC)c2ccccc2C(=O)N1c1ccccc1C1=NCCO1. The molecular formula is C21H18N2O6. The first-order valence-electron chi connectivity index (χ1n) is 8.95. The summed E-state index contributed by atoms with van der Waals surface area (Å²) in [5.41, 5.74) is -0.916. The number of aliphatic imine (C=N–C) groups is 1. The predicted octanol–water partition coefficient (Wildman–Crippen LogP) is 1.67. The number of nitrogens with zero attached hydrogens (tertiary/aromatic N) is 2. The fourth-order valence-electron chi connectivity index (χ4n) is 3.80. The van der Waals surface area contributed by atoms with Crippen LogP contribution < -0.4 is 4.90 Å². The minimum absolute atomic E-state index is 0.202. The highest BCUT2D eigenvalue weighted by atomic mass is 16.5. The molecule has 8 nitrogen and oxygen atoms in total. The number of methoxy groups -OCH3 is 2. The van der Waals surface area contributed by atoms with Crippen LogP contribution in [-0.4, -0.2) is 51.1 Å². The molecule has 0 bridgehead atoms. The van der Waals surface area contributed by atoms with Crippen molar-refractivity contribution in [1.29, 1.82) is 0 Å². The van der Waals surface area contributed by atoms with Gasteiger partial charge in [0.1, 0.15) is 6.61 Å². The van der Waals surface area contributed by atoms with Gasteiger partial charge in [-0.3, -0.25) is 9.69 Å². The van der Waals surface area contributed by atoms with E-state index in [-0.39, 0.29) is 11.1 Å². The zero-order valence-corrected chi connectivity index (χ0v) is 15.9. The molecule has 0 radical (unpaired) electrons. The van der Waals surface area contributed by atoms with Crippen LogP contribution in [0.3, 0.4) is 0 Å². The molecule has 0 saturated carbocycles. The van der Waals surface area contributed by atoms with Crippen LogP contribution in [0.2, 0.25) is 0 Å². The molecule has 0 saturated heterocycles. The summed E-state index contributed by atoms with van der Waals surface area (Å²) >= 11 is 0. The molecule has 4 rings (SSSR count). The lowest BCUT2D eigenvalue weighted by Gasteiger charge is -2.34. The molecule has 2 aliphatic heterocycles. The number of benzene rings is 2. The standard InChI is InChI=1S/C21H18N2O6/c1-27-19(25)21(20(26)28-2)15-9-5-3-7-13(15)18(24)23(21)16-10-6-4-8-14(16)17-22-11-12-29-17/h3-10H,11-12H2,1-2H3. The Labute approximate surface area is 166 Å². The van der Waals surface area contributed by atoms with Gasteiger partial charge in [-0.1, -0.05) is 30.3 Å². The van der Waals surface area contributed by atoms with E-state index in [1.165, 1.54) is 0 Å². The van der Waals surface area contributed by atoms with Gasteiger partial charge in [-0.05, 0) is 18.2 Å². The Morgan fingerprint density at radius 3 is 2.24 bits per heavy atom. The third-order valence-corrected chi connectivity index (χ3v) is 5.01. The van der Waals surface area contributed by atoms with Crippen LogP contribution in [0.25, 0.3) is 0 Å². The maximum atomic E-state index is 13.5. The lowest BCUT2D eigenvalue weighted by molar-refractivity contribution is -0.161. The second-order valence-electron chi connectivity index (χ2n) is 6.43. The van der Waals surface area contributed by atoms with Crippen LogP contribution in [0.4, 0.5) is 5.69 Å². The van der Waals surface area contributed by atoms with Gasteiger partial charge < -0.3 is 14.2 Å². The molecule has 0 spiro atoms. The second kappa shape index (κ2) is 7.05. The van der Waals surface area contributed by atoms with E-state index in [2.05, 4.69) is 4.99 Å². The number of ether oxygens (including phenoxy) is 3. The molecule has 2 aromatic carbocycles. The summed E-state index contributed by atoms with van der Waals surface area (Å²) in [4.78, 5) is 45.0. The Balaban J connectivity index is 2.04. The molecule has 0 N–H and O–H groups in total. The molecule has 0 atom stereocenters. The average Bonchev–Trinajstić information content (AvgIpc) is 3.38. The van der Waals surface area contributed by atoms with Gasteiger partial charge in [-0.15, -0.1) is 0 Å². The first-order valence-corrected chi connectivity index (χ1v) is 8.95. The molecule has 29 heavy (non-hydrogen) atoms. The van der Waals surface area contributed by atoms with Crippen LogP contribution in [0.5, 0.6) is 0 Å². The van der Waals surface area contributed by atoms with Gasteiger partial charge in [0.15, 0.2) is 0 Å². The highest BCUT2D eigenvalue weighted by Gasteiger charge is 2.63. The van der Waals surface area contributed by atoms with Crippen molar-refractivity contribution >= 4 is 29.4 Å². The van der Waals surface area contributed by atoms with E-state index in [0.29, 0.717) is 30.3 Å². The summed E-state index contributed by atoms with van der Waals surface area (Å²) in [5, 5.41) is 0. The average molecular weight is 394 g/mol. The summed E-state index contributed by atoms with van der Waals surface area (Å²) in [6.45, 7) is 0.897. The first kappa shape index (κ1) is 18.7. The van der Waals surface area contributed by atoms with Gasteiger partial charge in [0.25, 0.3) is 11.4 Å². The number of amides is 1.